The minimum atomic E-state index is 0.697. The van der Waals surface area contributed by atoms with Crippen molar-refractivity contribution in [2.24, 2.45) is 10.9 Å². The smallest absolute Gasteiger partial charge is 0.195 e. The van der Waals surface area contributed by atoms with Crippen molar-refractivity contribution in [3.8, 4) is 11.5 Å². The van der Waals surface area contributed by atoms with E-state index in [1.165, 1.54) is 6.42 Å². The summed E-state index contributed by atoms with van der Waals surface area (Å²) in [5.41, 5.74) is 0.918. The van der Waals surface area contributed by atoms with Crippen molar-refractivity contribution < 1.29 is 9.47 Å². The van der Waals surface area contributed by atoms with Crippen LogP contribution in [0.25, 0.3) is 0 Å². The highest BCUT2D eigenvalue weighted by Crippen LogP contribution is 2.29. The standard InChI is InChI=1S/C17H29N3O2/c1-6-18-17(19-11-7-8-13(2)3)20-14-9-10-15(21-4)16(12-14)22-5/h9-10,12-13H,6-8,11H2,1-5H3,(H2,18,19,20). The largest absolute Gasteiger partial charge is 0.493 e. The van der Waals surface area contributed by atoms with Gasteiger partial charge in [0.25, 0.3) is 0 Å². The minimum absolute atomic E-state index is 0.697. The maximum Gasteiger partial charge on any atom is 0.195 e. The first kappa shape index (κ1) is 18.1. The number of rotatable bonds is 8. The van der Waals surface area contributed by atoms with E-state index in [4.69, 9.17) is 9.47 Å². The normalized spacial score (nSPS) is 11.5. The number of guanidine groups is 1. The molecule has 5 nitrogen and oxygen atoms in total. The van der Waals surface area contributed by atoms with Gasteiger partial charge in [-0.1, -0.05) is 13.8 Å². The number of ether oxygens (including phenoxy) is 2. The highest BCUT2D eigenvalue weighted by Gasteiger charge is 2.06. The second kappa shape index (κ2) is 9.92. The van der Waals surface area contributed by atoms with Gasteiger partial charge in [0.05, 0.1) is 14.2 Å². The molecular weight excluding hydrogens is 278 g/mol. The van der Waals surface area contributed by atoms with Gasteiger partial charge in [0.15, 0.2) is 17.5 Å². The Balaban J connectivity index is 2.71. The Labute approximate surface area is 134 Å². The molecule has 0 atom stereocenters. The molecule has 1 aromatic carbocycles. The molecule has 2 N–H and O–H groups in total. The summed E-state index contributed by atoms with van der Waals surface area (Å²) >= 11 is 0. The molecule has 0 fully saturated rings. The number of benzene rings is 1. The number of aliphatic imine (C=N–C) groups is 1. The van der Waals surface area contributed by atoms with E-state index < -0.39 is 0 Å². The molecule has 0 aliphatic rings. The molecule has 0 heterocycles. The number of anilines is 1. The molecule has 0 bridgehead atoms. The van der Waals surface area contributed by atoms with Crippen LogP contribution < -0.4 is 20.1 Å². The second-order valence-electron chi connectivity index (χ2n) is 5.49. The molecule has 0 radical (unpaired) electrons. The van der Waals surface area contributed by atoms with Crippen molar-refractivity contribution in [1.29, 1.82) is 0 Å². The van der Waals surface area contributed by atoms with Crippen LogP contribution in [0.5, 0.6) is 11.5 Å². The third kappa shape index (κ3) is 6.24. The average molecular weight is 307 g/mol. The zero-order chi connectivity index (χ0) is 16.4. The summed E-state index contributed by atoms with van der Waals surface area (Å²) in [6.45, 7) is 8.16. The fraction of sp³-hybridized carbons (Fsp3) is 0.588. The predicted octanol–water partition coefficient (Wildman–Crippen LogP) is 3.52. The Hall–Kier alpha value is -1.91. The van der Waals surface area contributed by atoms with Crippen LogP contribution in [-0.4, -0.2) is 33.3 Å². The van der Waals surface area contributed by atoms with E-state index in [0.29, 0.717) is 11.5 Å². The predicted molar refractivity (Wildman–Crippen MR) is 93.2 cm³/mol. The number of hydrogen-bond donors (Lipinski definition) is 2. The van der Waals surface area contributed by atoms with Gasteiger partial charge in [0.1, 0.15) is 0 Å². The number of nitrogens with one attached hydrogen (secondary N) is 2. The third-order valence-corrected chi connectivity index (χ3v) is 3.20. The quantitative estimate of drug-likeness (QED) is 0.438. The first-order valence-electron chi connectivity index (χ1n) is 7.88. The Morgan fingerprint density at radius 2 is 1.91 bits per heavy atom. The van der Waals surface area contributed by atoms with Crippen LogP contribution in [0, 0.1) is 5.92 Å². The molecule has 5 heteroatoms. The Morgan fingerprint density at radius 3 is 2.50 bits per heavy atom. The maximum absolute atomic E-state index is 5.32. The van der Waals surface area contributed by atoms with Crippen LogP contribution in [0.3, 0.4) is 0 Å². The maximum atomic E-state index is 5.32. The SMILES string of the molecule is CCNC(=NCCCC(C)C)Nc1ccc(OC)c(OC)c1. The molecule has 0 unspecified atom stereocenters. The first-order valence-corrected chi connectivity index (χ1v) is 7.88. The third-order valence-electron chi connectivity index (χ3n) is 3.20. The molecule has 0 aromatic heterocycles. The molecule has 0 amide bonds. The zero-order valence-corrected chi connectivity index (χ0v) is 14.4. The van der Waals surface area contributed by atoms with Gasteiger partial charge in [-0.15, -0.1) is 0 Å². The van der Waals surface area contributed by atoms with Gasteiger partial charge in [-0.05, 0) is 37.8 Å². The van der Waals surface area contributed by atoms with E-state index in [1.54, 1.807) is 14.2 Å². The lowest BCUT2D eigenvalue weighted by Gasteiger charge is -2.14. The molecule has 0 aliphatic heterocycles. The summed E-state index contributed by atoms with van der Waals surface area (Å²) in [5, 5.41) is 6.55. The van der Waals surface area contributed by atoms with Crippen LogP contribution in [0.4, 0.5) is 5.69 Å². The molecule has 0 saturated carbocycles. The summed E-state index contributed by atoms with van der Waals surface area (Å²) in [6.07, 6.45) is 2.29. The molecule has 124 valence electrons. The van der Waals surface area contributed by atoms with E-state index in [1.807, 2.05) is 18.2 Å². The van der Waals surface area contributed by atoms with Crippen molar-refractivity contribution in [2.45, 2.75) is 33.6 Å². The minimum Gasteiger partial charge on any atom is -0.493 e. The summed E-state index contributed by atoms with van der Waals surface area (Å²) in [4.78, 5) is 4.60. The topological polar surface area (TPSA) is 54.9 Å². The van der Waals surface area contributed by atoms with Gasteiger partial charge in [0, 0.05) is 24.8 Å². The highest BCUT2D eigenvalue weighted by molar-refractivity contribution is 5.93. The summed E-state index contributed by atoms with van der Waals surface area (Å²) in [5.74, 6) is 2.92. The number of methoxy groups -OCH3 is 2. The van der Waals surface area contributed by atoms with Crippen LogP contribution >= 0.6 is 0 Å². The second-order valence-corrected chi connectivity index (χ2v) is 5.49. The molecule has 1 aromatic rings. The summed E-state index contributed by atoms with van der Waals surface area (Å²) < 4.78 is 10.6. The lowest BCUT2D eigenvalue weighted by atomic mass is 10.1. The lowest BCUT2D eigenvalue weighted by molar-refractivity contribution is 0.355. The van der Waals surface area contributed by atoms with E-state index in [-0.39, 0.29) is 0 Å². The van der Waals surface area contributed by atoms with E-state index >= 15 is 0 Å². The molecular formula is C17H29N3O2. The fourth-order valence-electron chi connectivity index (χ4n) is 2.05. The van der Waals surface area contributed by atoms with Crippen molar-refractivity contribution in [1.82, 2.24) is 5.32 Å². The molecule has 0 saturated heterocycles. The average Bonchev–Trinajstić information content (AvgIpc) is 2.51. The van der Waals surface area contributed by atoms with Crippen LogP contribution in [-0.2, 0) is 0 Å². The van der Waals surface area contributed by atoms with Gasteiger partial charge in [-0.25, -0.2) is 0 Å². The zero-order valence-electron chi connectivity index (χ0n) is 14.4. The summed E-state index contributed by atoms with van der Waals surface area (Å²) in [7, 11) is 3.26. The molecule has 22 heavy (non-hydrogen) atoms. The number of hydrogen-bond acceptors (Lipinski definition) is 3. The Morgan fingerprint density at radius 1 is 1.18 bits per heavy atom. The van der Waals surface area contributed by atoms with Gasteiger partial charge in [0.2, 0.25) is 0 Å². The van der Waals surface area contributed by atoms with E-state index in [0.717, 1.165) is 37.1 Å². The van der Waals surface area contributed by atoms with E-state index in [2.05, 4.69) is 36.4 Å². The molecule has 1 rings (SSSR count). The van der Waals surface area contributed by atoms with Crippen molar-refractivity contribution in [3.63, 3.8) is 0 Å². The lowest BCUT2D eigenvalue weighted by Crippen LogP contribution is -2.30. The monoisotopic (exact) mass is 307 g/mol. The first-order chi connectivity index (χ1) is 10.6. The van der Waals surface area contributed by atoms with Crippen molar-refractivity contribution in [2.75, 3.05) is 32.6 Å². The van der Waals surface area contributed by atoms with Gasteiger partial charge in [-0.3, -0.25) is 4.99 Å². The Kier molecular flexibility index (Phi) is 8.18. The summed E-state index contributed by atoms with van der Waals surface area (Å²) in [6, 6.07) is 5.73. The van der Waals surface area contributed by atoms with Crippen molar-refractivity contribution >= 4 is 11.6 Å². The fourth-order valence-corrected chi connectivity index (χ4v) is 2.05. The van der Waals surface area contributed by atoms with Crippen LogP contribution in [0.2, 0.25) is 0 Å². The number of nitrogens with zero attached hydrogens (tertiary/aromatic N) is 1. The van der Waals surface area contributed by atoms with Gasteiger partial charge in [-0.2, -0.15) is 0 Å². The Bertz CT molecular complexity index is 473. The molecule has 0 spiro atoms. The molecule has 0 aliphatic carbocycles. The van der Waals surface area contributed by atoms with Crippen LogP contribution in [0.15, 0.2) is 23.2 Å². The van der Waals surface area contributed by atoms with Gasteiger partial charge >= 0.3 is 0 Å². The van der Waals surface area contributed by atoms with Crippen molar-refractivity contribution in [3.05, 3.63) is 18.2 Å². The van der Waals surface area contributed by atoms with Crippen LogP contribution in [0.1, 0.15) is 33.6 Å². The van der Waals surface area contributed by atoms with E-state index in [9.17, 15) is 0 Å². The highest BCUT2D eigenvalue weighted by atomic mass is 16.5. The van der Waals surface area contributed by atoms with Gasteiger partial charge < -0.3 is 20.1 Å².